The van der Waals surface area contributed by atoms with Crippen LogP contribution in [0, 0.1) is 13.8 Å². The minimum absolute atomic E-state index is 0.271. The molecule has 170 valence electrons. The average molecular weight is 466 g/mol. The first kappa shape index (κ1) is 23.8. The number of benzene rings is 3. The Labute approximate surface area is 197 Å². The van der Waals surface area contributed by atoms with Crippen LogP contribution in [0.25, 0.3) is 0 Å². The van der Waals surface area contributed by atoms with Crippen molar-refractivity contribution in [3.8, 4) is 5.75 Å². The lowest BCUT2D eigenvalue weighted by atomic mass is 10.1. The summed E-state index contributed by atoms with van der Waals surface area (Å²) in [5, 5.41) is 3.16. The van der Waals surface area contributed by atoms with Crippen molar-refractivity contribution in [2.24, 2.45) is 0 Å². The van der Waals surface area contributed by atoms with E-state index in [-0.39, 0.29) is 12.5 Å². The predicted octanol–water partition coefficient (Wildman–Crippen LogP) is 3.73. The smallest absolute Gasteiger partial charge is 0.269 e. The monoisotopic (exact) mass is 465 g/mol. The summed E-state index contributed by atoms with van der Waals surface area (Å²) in [5.74, 6) is -0.698. The van der Waals surface area contributed by atoms with Gasteiger partial charge in [-0.05, 0) is 67.9 Å². The Morgan fingerprint density at radius 2 is 1.42 bits per heavy atom. The summed E-state index contributed by atoms with van der Waals surface area (Å²) in [5.41, 5.74) is 8.25. The summed E-state index contributed by atoms with van der Waals surface area (Å²) in [6.07, 6.45) is 0. The Bertz CT molecular complexity index is 1130. The zero-order chi connectivity index (χ0) is 23.8. The molecule has 0 bridgehead atoms. The molecule has 0 unspecified atom stereocenters. The molecule has 0 saturated carbocycles. The van der Waals surface area contributed by atoms with Gasteiger partial charge in [0.25, 0.3) is 17.7 Å². The van der Waals surface area contributed by atoms with E-state index in [2.05, 4.69) is 16.2 Å². The molecular weight excluding hydrogens is 442 g/mol. The first-order valence-corrected chi connectivity index (χ1v) is 10.6. The Kier molecular flexibility index (Phi) is 8.05. The van der Waals surface area contributed by atoms with E-state index in [4.69, 9.17) is 16.3 Å². The highest BCUT2D eigenvalue weighted by Crippen LogP contribution is 2.17. The van der Waals surface area contributed by atoms with Crippen LogP contribution in [0.3, 0.4) is 0 Å². The average Bonchev–Trinajstić information content (AvgIpc) is 2.80. The molecule has 0 aliphatic heterocycles. The molecule has 3 amide bonds. The third-order valence-corrected chi connectivity index (χ3v) is 4.90. The van der Waals surface area contributed by atoms with E-state index in [0.717, 1.165) is 16.7 Å². The van der Waals surface area contributed by atoms with Crippen molar-refractivity contribution < 1.29 is 19.1 Å². The van der Waals surface area contributed by atoms with Gasteiger partial charge in [-0.15, -0.1) is 0 Å². The summed E-state index contributed by atoms with van der Waals surface area (Å²) in [6, 6.07) is 19.3. The molecule has 0 fully saturated rings. The van der Waals surface area contributed by atoms with Gasteiger partial charge in [0.1, 0.15) is 12.4 Å². The number of aryl methyl sites for hydroxylation is 2. The summed E-state index contributed by atoms with van der Waals surface area (Å²) in [7, 11) is 0. The second-order valence-electron chi connectivity index (χ2n) is 7.50. The van der Waals surface area contributed by atoms with Crippen molar-refractivity contribution in [3.05, 3.63) is 99.6 Å². The molecule has 0 aromatic heterocycles. The molecule has 0 saturated heterocycles. The predicted molar refractivity (Wildman–Crippen MR) is 126 cm³/mol. The second kappa shape index (κ2) is 11.2. The van der Waals surface area contributed by atoms with Crippen molar-refractivity contribution in [3.63, 3.8) is 0 Å². The maximum atomic E-state index is 12.2. The second-order valence-corrected chi connectivity index (χ2v) is 7.94. The van der Waals surface area contributed by atoms with E-state index >= 15 is 0 Å². The fourth-order valence-electron chi connectivity index (χ4n) is 3.06. The zero-order valence-corrected chi connectivity index (χ0v) is 19.0. The summed E-state index contributed by atoms with van der Waals surface area (Å²) >= 11 is 5.85. The largest absolute Gasteiger partial charge is 0.489 e. The number of hydrogen-bond acceptors (Lipinski definition) is 4. The quantitative estimate of drug-likeness (QED) is 0.463. The summed E-state index contributed by atoms with van der Waals surface area (Å²) < 4.78 is 5.67. The highest BCUT2D eigenvalue weighted by molar-refractivity contribution is 6.30. The van der Waals surface area contributed by atoms with Crippen LogP contribution in [0.2, 0.25) is 5.02 Å². The summed E-state index contributed by atoms with van der Waals surface area (Å²) in [6.45, 7) is 3.85. The Balaban J connectivity index is 1.42. The highest BCUT2D eigenvalue weighted by Gasteiger charge is 2.11. The van der Waals surface area contributed by atoms with Gasteiger partial charge in [0, 0.05) is 16.1 Å². The van der Waals surface area contributed by atoms with Crippen LogP contribution < -0.4 is 20.9 Å². The number of hydrogen-bond donors (Lipinski definition) is 3. The van der Waals surface area contributed by atoms with Gasteiger partial charge >= 0.3 is 0 Å². The maximum Gasteiger partial charge on any atom is 0.269 e. The number of nitrogens with one attached hydrogen (secondary N) is 3. The molecule has 0 heterocycles. The fourth-order valence-corrected chi connectivity index (χ4v) is 3.19. The van der Waals surface area contributed by atoms with E-state index in [1.165, 1.54) is 0 Å². The van der Waals surface area contributed by atoms with Gasteiger partial charge in [-0.1, -0.05) is 40.9 Å². The normalized spacial score (nSPS) is 10.3. The number of carbonyl (C=O) groups excluding carboxylic acids is 3. The fraction of sp³-hybridized carbons (Fsp3) is 0.160. The van der Waals surface area contributed by atoms with Crippen LogP contribution in [0.15, 0.2) is 66.7 Å². The molecule has 8 heteroatoms. The van der Waals surface area contributed by atoms with Gasteiger partial charge in [0.15, 0.2) is 0 Å². The van der Waals surface area contributed by atoms with Gasteiger partial charge in [0.2, 0.25) is 0 Å². The molecule has 7 nitrogen and oxygen atoms in total. The maximum absolute atomic E-state index is 12.2. The Morgan fingerprint density at radius 3 is 2.06 bits per heavy atom. The number of halogens is 1. The number of ether oxygens (including phenoxy) is 1. The lowest BCUT2D eigenvalue weighted by molar-refractivity contribution is -0.120. The van der Waals surface area contributed by atoms with E-state index in [1.807, 2.05) is 19.9 Å². The van der Waals surface area contributed by atoms with E-state index in [9.17, 15) is 14.4 Å². The van der Waals surface area contributed by atoms with Crippen molar-refractivity contribution in [2.45, 2.75) is 20.5 Å². The minimum Gasteiger partial charge on any atom is -0.489 e. The molecule has 3 rings (SSSR count). The van der Waals surface area contributed by atoms with Crippen LogP contribution in [-0.4, -0.2) is 24.3 Å². The van der Waals surface area contributed by atoms with Crippen LogP contribution in [0.1, 0.15) is 37.4 Å². The van der Waals surface area contributed by atoms with Crippen molar-refractivity contribution in [1.82, 2.24) is 16.2 Å². The van der Waals surface area contributed by atoms with Crippen LogP contribution >= 0.6 is 11.6 Å². The summed E-state index contributed by atoms with van der Waals surface area (Å²) in [4.78, 5) is 36.4. The van der Waals surface area contributed by atoms with Crippen molar-refractivity contribution in [1.29, 1.82) is 0 Å². The van der Waals surface area contributed by atoms with E-state index in [1.54, 1.807) is 60.7 Å². The number of hydrazine groups is 1. The molecular formula is C25H24ClN3O4. The Hall–Kier alpha value is -3.84. The van der Waals surface area contributed by atoms with Crippen LogP contribution in [0.5, 0.6) is 5.75 Å². The van der Waals surface area contributed by atoms with E-state index in [0.29, 0.717) is 28.5 Å². The van der Waals surface area contributed by atoms with Gasteiger partial charge in [-0.3, -0.25) is 25.2 Å². The van der Waals surface area contributed by atoms with Crippen LogP contribution in [0.4, 0.5) is 0 Å². The number of carbonyl (C=O) groups is 3. The Morgan fingerprint density at radius 1 is 0.788 bits per heavy atom. The number of rotatable bonds is 7. The van der Waals surface area contributed by atoms with Gasteiger partial charge in [-0.25, -0.2) is 0 Å². The lowest BCUT2D eigenvalue weighted by Gasteiger charge is -2.10. The molecule has 3 aromatic carbocycles. The zero-order valence-electron chi connectivity index (χ0n) is 18.3. The van der Waals surface area contributed by atoms with Gasteiger partial charge in [0.05, 0.1) is 6.54 Å². The third-order valence-electron chi connectivity index (χ3n) is 4.64. The minimum atomic E-state index is -0.547. The van der Waals surface area contributed by atoms with Gasteiger partial charge in [-0.2, -0.15) is 0 Å². The SMILES string of the molecule is Cc1cc(C)cc(C(=O)NCC(=O)NNC(=O)c2ccc(COc3ccc(Cl)cc3)cc2)c1. The molecule has 0 aliphatic rings. The topological polar surface area (TPSA) is 96.5 Å². The van der Waals surface area contributed by atoms with Gasteiger partial charge < -0.3 is 10.1 Å². The standard InChI is InChI=1S/C25H24ClN3O4/c1-16-11-17(2)13-20(12-16)24(31)27-14-23(30)28-29-25(32)19-5-3-18(4-6-19)15-33-22-9-7-21(26)8-10-22/h3-13H,14-15H2,1-2H3,(H,27,31)(H,28,30)(H,29,32). The molecule has 0 spiro atoms. The molecule has 3 N–H and O–H groups in total. The molecule has 3 aromatic rings. The first-order valence-electron chi connectivity index (χ1n) is 10.2. The highest BCUT2D eigenvalue weighted by atomic mass is 35.5. The molecule has 0 radical (unpaired) electrons. The number of amides is 3. The van der Waals surface area contributed by atoms with Crippen molar-refractivity contribution >= 4 is 29.3 Å². The molecule has 33 heavy (non-hydrogen) atoms. The first-order chi connectivity index (χ1) is 15.8. The lowest BCUT2D eigenvalue weighted by Crippen LogP contribution is -2.46. The molecule has 0 aliphatic carbocycles. The molecule has 0 atom stereocenters. The van der Waals surface area contributed by atoms with Crippen LogP contribution in [-0.2, 0) is 11.4 Å². The third kappa shape index (κ3) is 7.36. The van der Waals surface area contributed by atoms with Crippen molar-refractivity contribution in [2.75, 3.05) is 6.54 Å². The van der Waals surface area contributed by atoms with E-state index < -0.39 is 11.8 Å².